The van der Waals surface area contributed by atoms with Gasteiger partial charge in [0.25, 0.3) is 0 Å². The molecule has 0 saturated heterocycles. The molecule has 4 rings (SSSR count). The molecule has 0 aliphatic carbocycles. The third-order valence-electron chi connectivity index (χ3n) is 5.59. The Morgan fingerprint density at radius 1 is 1.00 bits per heavy atom. The van der Waals surface area contributed by atoms with Crippen LogP contribution >= 0.6 is 12.2 Å². The van der Waals surface area contributed by atoms with Crippen molar-refractivity contribution in [1.82, 2.24) is 14.8 Å². The normalized spacial score (nSPS) is 10.9. The number of ether oxygens (including phenoxy) is 1. The fourth-order valence-corrected chi connectivity index (χ4v) is 4.01. The number of rotatable bonds is 8. The van der Waals surface area contributed by atoms with E-state index in [0.29, 0.717) is 16.6 Å². The number of alkyl halides is 3. The maximum Gasteiger partial charge on any atom is 0.573 e. The van der Waals surface area contributed by atoms with Crippen molar-refractivity contribution in [3.63, 3.8) is 0 Å². The Morgan fingerprint density at radius 3 is 2.36 bits per heavy atom. The summed E-state index contributed by atoms with van der Waals surface area (Å²) >= 11 is 4.83. The summed E-state index contributed by atoms with van der Waals surface area (Å²) in [5.41, 5.74) is 11.7. The summed E-state index contributed by atoms with van der Waals surface area (Å²) in [5, 5.41) is 7.73. The minimum atomic E-state index is -4.70. The molecule has 6 nitrogen and oxygen atoms in total. The number of nitrogens with one attached hydrogen (secondary N) is 1. The van der Waals surface area contributed by atoms with Gasteiger partial charge in [0.1, 0.15) is 12.1 Å². The van der Waals surface area contributed by atoms with Gasteiger partial charge in [-0.25, -0.2) is 9.67 Å². The molecule has 0 saturated carbocycles. The van der Waals surface area contributed by atoms with Gasteiger partial charge < -0.3 is 15.8 Å². The van der Waals surface area contributed by atoms with Crippen molar-refractivity contribution in [2.45, 2.75) is 52.8 Å². The van der Waals surface area contributed by atoms with Crippen molar-refractivity contribution in [3.8, 4) is 22.8 Å². The SMILES string of the molecule is CCCc1ccc(C)cc1NC(N)=S.CCCc1cccc(-c2ncn(-c3ccc(OC(F)(F)F)cc3)n2)c1. The van der Waals surface area contributed by atoms with Gasteiger partial charge in [-0.05, 0) is 85.1 Å². The van der Waals surface area contributed by atoms with Crippen molar-refractivity contribution in [1.29, 1.82) is 0 Å². The highest BCUT2D eigenvalue weighted by molar-refractivity contribution is 7.80. The highest BCUT2D eigenvalue weighted by atomic mass is 32.1. The van der Waals surface area contributed by atoms with Crippen LogP contribution in [0.15, 0.2) is 73.1 Å². The van der Waals surface area contributed by atoms with Crippen LogP contribution in [-0.4, -0.2) is 26.2 Å². The highest BCUT2D eigenvalue weighted by Gasteiger charge is 2.31. The van der Waals surface area contributed by atoms with Gasteiger partial charge in [-0.1, -0.05) is 57.0 Å². The van der Waals surface area contributed by atoms with Crippen LogP contribution in [0.2, 0.25) is 0 Å². The van der Waals surface area contributed by atoms with Crippen LogP contribution in [0.4, 0.5) is 18.9 Å². The molecule has 1 aromatic heterocycles. The number of anilines is 1. The van der Waals surface area contributed by atoms with Gasteiger partial charge in [-0.15, -0.1) is 18.3 Å². The summed E-state index contributed by atoms with van der Waals surface area (Å²) in [7, 11) is 0. The quantitative estimate of drug-likeness (QED) is 0.221. The lowest BCUT2D eigenvalue weighted by Gasteiger charge is -2.10. The molecule has 0 amide bonds. The molecule has 10 heteroatoms. The van der Waals surface area contributed by atoms with Crippen LogP contribution in [-0.2, 0) is 12.8 Å². The van der Waals surface area contributed by atoms with E-state index in [1.165, 1.54) is 52.0 Å². The Labute approximate surface area is 232 Å². The molecular weight excluding hydrogens is 523 g/mol. The lowest BCUT2D eigenvalue weighted by atomic mass is 10.1. The molecule has 0 atom stereocenters. The maximum atomic E-state index is 12.2. The van der Waals surface area contributed by atoms with Crippen molar-refractivity contribution in [3.05, 3.63) is 89.7 Å². The van der Waals surface area contributed by atoms with E-state index in [0.717, 1.165) is 36.9 Å². The average molecular weight is 556 g/mol. The Bertz CT molecular complexity index is 1370. The van der Waals surface area contributed by atoms with E-state index in [-0.39, 0.29) is 5.75 Å². The molecule has 0 spiro atoms. The number of thiocarbonyl (C=S) groups is 1. The standard InChI is InChI=1S/C18H16F3N3O.C11H16N2S/c1-2-4-13-5-3-6-14(11-13)17-22-12-24(23-17)15-7-9-16(10-8-15)25-18(19,20)21;1-3-4-9-6-5-8(2)7-10(9)13-11(12)14/h3,5-12H,2,4H2,1H3;5-7H,3-4H2,1-2H3,(H3,12,13,14). The van der Waals surface area contributed by atoms with Gasteiger partial charge in [-0.3, -0.25) is 0 Å². The number of halogens is 3. The van der Waals surface area contributed by atoms with E-state index in [2.05, 4.69) is 65.2 Å². The summed E-state index contributed by atoms with van der Waals surface area (Å²) in [6.45, 7) is 6.33. The summed E-state index contributed by atoms with van der Waals surface area (Å²) in [4.78, 5) is 4.29. The molecule has 0 radical (unpaired) electrons. The van der Waals surface area contributed by atoms with Crippen molar-refractivity contribution in [2.75, 3.05) is 5.32 Å². The first-order valence-electron chi connectivity index (χ1n) is 12.6. The van der Waals surface area contributed by atoms with Gasteiger partial charge in [0, 0.05) is 11.3 Å². The lowest BCUT2D eigenvalue weighted by Crippen LogP contribution is -2.19. The summed E-state index contributed by atoms with van der Waals surface area (Å²) in [6.07, 6.45) is 1.03. The molecule has 206 valence electrons. The topological polar surface area (TPSA) is 78.0 Å². The second-order valence-corrected chi connectivity index (χ2v) is 9.34. The third kappa shape index (κ3) is 9.40. The first-order chi connectivity index (χ1) is 18.6. The fraction of sp³-hybridized carbons (Fsp3) is 0.276. The fourth-order valence-electron chi connectivity index (χ4n) is 3.90. The van der Waals surface area contributed by atoms with Crippen LogP contribution in [0.5, 0.6) is 5.75 Å². The zero-order chi connectivity index (χ0) is 28.4. The summed E-state index contributed by atoms with van der Waals surface area (Å²) in [5.74, 6) is 0.289. The smallest absolute Gasteiger partial charge is 0.406 e. The molecule has 3 aromatic carbocycles. The molecular formula is C29H32F3N5OS. The number of aryl methyl sites for hydroxylation is 3. The van der Waals surface area contributed by atoms with Crippen molar-refractivity contribution >= 4 is 23.0 Å². The molecule has 3 N–H and O–H groups in total. The minimum Gasteiger partial charge on any atom is -0.406 e. The first-order valence-corrected chi connectivity index (χ1v) is 13.0. The van der Waals surface area contributed by atoms with Crippen molar-refractivity contribution < 1.29 is 17.9 Å². The number of benzene rings is 3. The van der Waals surface area contributed by atoms with E-state index in [1.807, 2.05) is 18.2 Å². The molecule has 39 heavy (non-hydrogen) atoms. The predicted octanol–water partition coefficient (Wildman–Crippen LogP) is 7.39. The van der Waals surface area contributed by atoms with Crippen LogP contribution in [0.3, 0.4) is 0 Å². The van der Waals surface area contributed by atoms with Crippen LogP contribution in [0.25, 0.3) is 17.1 Å². The highest BCUT2D eigenvalue weighted by Crippen LogP contribution is 2.24. The van der Waals surface area contributed by atoms with E-state index in [1.54, 1.807) is 0 Å². The third-order valence-corrected chi connectivity index (χ3v) is 5.70. The van der Waals surface area contributed by atoms with Gasteiger partial charge in [0.05, 0.1) is 5.69 Å². The molecule has 0 aliphatic heterocycles. The second kappa shape index (κ2) is 13.7. The van der Waals surface area contributed by atoms with E-state index < -0.39 is 6.36 Å². The number of aromatic nitrogens is 3. The summed E-state index contributed by atoms with van der Waals surface area (Å²) in [6, 6.07) is 19.8. The Morgan fingerprint density at radius 2 is 1.72 bits per heavy atom. The van der Waals surface area contributed by atoms with Crippen LogP contribution in [0, 0.1) is 6.92 Å². The number of nitrogens with zero attached hydrogens (tertiary/aromatic N) is 3. The second-order valence-electron chi connectivity index (χ2n) is 8.90. The van der Waals surface area contributed by atoms with Gasteiger partial charge in [0.15, 0.2) is 10.9 Å². The Balaban J connectivity index is 0.000000255. The Hall–Kier alpha value is -3.92. The van der Waals surface area contributed by atoms with Crippen molar-refractivity contribution in [2.24, 2.45) is 5.73 Å². The molecule has 0 fully saturated rings. The van der Waals surface area contributed by atoms with Gasteiger partial charge in [-0.2, -0.15) is 0 Å². The number of hydrogen-bond donors (Lipinski definition) is 2. The lowest BCUT2D eigenvalue weighted by molar-refractivity contribution is -0.274. The molecule has 1 heterocycles. The van der Waals surface area contributed by atoms with Gasteiger partial charge >= 0.3 is 6.36 Å². The largest absolute Gasteiger partial charge is 0.573 e. The average Bonchev–Trinajstić information content (AvgIpc) is 3.36. The monoisotopic (exact) mass is 555 g/mol. The first kappa shape index (κ1) is 29.6. The molecule has 0 aliphatic rings. The maximum absolute atomic E-state index is 12.2. The van der Waals surface area contributed by atoms with Crippen LogP contribution in [0.1, 0.15) is 43.4 Å². The minimum absolute atomic E-state index is 0.274. The molecule has 0 unspecified atom stereocenters. The van der Waals surface area contributed by atoms with E-state index in [9.17, 15) is 13.2 Å². The zero-order valence-electron chi connectivity index (χ0n) is 22.1. The van der Waals surface area contributed by atoms with E-state index >= 15 is 0 Å². The number of nitrogens with two attached hydrogens (primary N) is 1. The van der Waals surface area contributed by atoms with E-state index in [4.69, 9.17) is 18.0 Å². The summed E-state index contributed by atoms with van der Waals surface area (Å²) < 4.78 is 42.0. The molecule has 0 bridgehead atoms. The molecule has 4 aromatic rings. The zero-order valence-corrected chi connectivity index (χ0v) is 22.9. The predicted molar refractivity (Wildman–Crippen MR) is 153 cm³/mol. The number of hydrogen-bond acceptors (Lipinski definition) is 4. The van der Waals surface area contributed by atoms with Crippen LogP contribution < -0.4 is 15.8 Å². The Kier molecular flexibility index (Phi) is 10.4. The van der Waals surface area contributed by atoms with Gasteiger partial charge in [0.2, 0.25) is 0 Å².